The number of hydrogen-bond donors (Lipinski definition) is 0. The average molecular weight is 346 g/mol. The topological polar surface area (TPSA) is 96.5 Å². The Kier molecular flexibility index (Phi) is 5.71. The van der Waals surface area contributed by atoms with Gasteiger partial charge in [-0.25, -0.2) is 0 Å². The molecule has 0 aliphatic rings. The predicted octanol–water partition coefficient (Wildman–Crippen LogP) is 3.18. The van der Waals surface area contributed by atoms with E-state index >= 15 is 0 Å². The van der Waals surface area contributed by atoms with Gasteiger partial charge in [0.1, 0.15) is 12.3 Å². The number of ether oxygens (including phenoxy) is 1. The van der Waals surface area contributed by atoms with Gasteiger partial charge in [0.15, 0.2) is 6.61 Å². The minimum absolute atomic E-state index is 0.0311. The normalized spacial score (nSPS) is 9.83. The van der Waals surface area contributed by atoms with Crippen LogP contribution in [-0.2, 0) is 4.79 Å². The van der Waals surface area contributed by atoms with Gasteiger partial charge in [0.2, 0.25) is 0 Å². The molecule has 122 valence electrons. The summed E-state index contributed by atoms with van der Waals surface area (Å²) >= 11 is 5.91. The second-order valence-corrected chi connectivity index (χ2v) is 5.04. The maximum Gasteiger partial charge on any atom is 0.271 e. The zero-order valence-electron chi connectivity index (χ0n) is 12.4. The third-order valence-corrected chi connectivity index (χ3v) is 3.37. The highest BCUT2D eigenvalue weighted by atomic mass is 35.5. The van der Waals surface area contributed by atoms with E-state index in [1.54, 1.807) is 30.3 Å². The van der Waals surface area contributed by atoms with Crippen molar-refractivity contribution < 1.29 is 14.5 Å². The summed E-state index contributed by atoms with van der Waals surface area (Å²) in [5.41, 5.74) is 0.400. The van der Waals surface area contributed by atoms with Gasteiger partial charge >= 0.3 is 0 Å². The number of anilines is 1. The summed E-state index contributed by atoms with van der Waals surface area (Å²) in [6.45, 7) is -0.478. The summed E-state index contributed by atoms with van der Waals surface area (Å²) in [5, 5.41) is 19.6. The van der Waals surface area contributed by atoms with Crippen molar-refractivity contribution in [3.63, 3.8) is 0 Å². The van der Waals surface area contributed by atoms with E-state index in [0.29, 0.717) is 5.69 Å². The number of nitro groups is 1. The number of amides is 1. The van der Waals surface area contributed by atoms with Gasteiger partial charge in [0.05, 0.1) is 16.0 Å². The first-order valence-electron chi connectivity index (χ1n) is 6.82. The number of benzene rings is 2. The lowest BCUT2D eigenvalue weighted by Gasteiger charge is -2.20. The van der Waals surface area contributed by atoms with Crippen molar-refractivity contribution in [3.8, 4) is 11.8 Å². The predicted molar refractivity (Wildman–Crippen MR) is 88.0 cm³/mol. The Balaban J connectivity index is 2.09. The summed E-state index contributed by atoms with van der Waals surface area (Å²) in [6.07, 6.45) is 0. The molecule has 0 fully saturated rings. The summed E-state index contributed by atoms with van der Waals surface area (Å²) in [7, 11) is 0. The number of halogens is 1. The van der Waals surface area contributed by atoms with E-state index in [-0.39, 0.29) is 29.6 Å². The van der Waals surface area contributed by atoms with E-state index in [2.05, 4.69) is 0 Å². The molecule has 0 saturated heterocycles. The fourth-order valence-corrected chi connectivity index (χ4v) is 2.17. The standard InChI is InChI=1S/C16H12ClN3O4/c17-14-10-13(20(22)23)6-7-15(14)24-11-16(21)19(9-8-18)12-4-2-1-3-5-12/h1-7,10H,9,11H2. The molecule has 0 atom stereocenters. The quantitative estimate of drug-likeness (QED) is 0.455. The smallest absolute Gasteiger partial charge is 0.271 e. The number of nitriles is 1. The Hall–Kier alpha value is -3.11. The molecule has 1 amide bonds. The molecule has 8 heteroatoms. The third-order valence-electron chi connectivity index (χ3n) is 3.08. The maximum atomic E-state index is 12.3. The van der Waals surface area contributed by atoms with Crippen LogP contribution in [0.4, 0.5) is 11.4 Å². The summed E-state index contributed by atoms with van der Waals surface area (Å²) in [6, 6.07) is 14.3. The van der Waals surface area contributed by atoms with Gasteiger partial charge in [-0.15, -0.1) is 0 Å². The Bertz CT molecular complexity index is 790. The molecule has 0 saturated carbocycles. The molecular formula is C16H12ClN3O4. The van der Waals surface area contributed by atoms with Gasteiger partial charge < -0.3 is 4.74 Å². The van der Waals surface area contributed by atoms with Crippen LogP contribution in [0, 0.1) is 21.4 Å². The second-order valence-electron chi connectivity index (χ2n) is 4.63. The lowest BCUT2D eigenvalue weighted by molar-refractivity contribution is -0.384. The number of hydrogen-bond acceptors (Lipinski definition) is 5. The largest absolute Gasteiger partial charge is 0.482 e. The lowest BCUT2D eigenvalue weighted by Crippen LogP contribution is -2.35. The van der Waals surface area contributed by atoms with Crippen molar-refractivity contribution >= 4 is 28.9 Å². The first-order chi connectivity index (χ1) is 11.5. The molecule has 0 radical (unpaired) electrons. The van der Waals surface area contributed by atoms with Crippen molar-refractivity contribution in [1.82, 2.24) is 0 Å². The SMILES string of the molecule is N#CCN(C(=O)COc1ccc([N+](=O)[O-])cc1Cl)c1ccccc1. The minimum atomic E-state index is -0.579. The molecule has 0 heterocycles. The number of carbonyl (C=O) groups excluding carboxylic acids is 1. The molecule has 7 nitrogen and oxygen atoms in total. The fraction of sp³-hybridized carbons (Fsp3) is 0.125. The van der Waals surface area contributed by atoms with Crippen LogP contribution >= 0.6 is 11.6 Å². The Morgan fingerprint density at radius 3 is 2.58 bits per heavy atom. The zero-order valence-corrected chi connectivity index (χ0v) is 13.1. The van der Waals surface area contributed by atoms with E-state index in [1.807, 2.05) is 6.07 Å². The van der Waals surface area contributed by atoms with Gasteiger partial charge in [-0.05, 0) is 18.2 Å². The van der Waals surface area contributed by atoms with E-state index in [9.17, 15) is 14.9 Å². The second kappa shape index (κ2) is 7.94. The summed E-state index contributed by atoms with van der Waals surface area (Å²) < 4.78 is 5.33. The van der Waals surface area contributed by atoms with E-state index in [1.165, 1.54) is 17.0 Å². The molecular weight excluding hydrogens is 334 g/mol. The highest BCUT2D eigenvalue weighted by Crippen LogP contribution is 2.28. The molecule has 2 aromatic rings. The van der Waals surface area contributed by atoms with Crippen LogP contribution in [-0.4, -0.2) is 24.0 Å². The summed E-state index contributed by atoms with van der Waals surface area (Å²) in [5.74, 6) is -0.280. The molecule has 0 unspecified atom stereocenters. The van der Waals surface area contributed by atoms with Crippen molar-refractivity contribution in [2.45, 2.75) is 0 Å². The number of rotatable bonds is 6. The van der Waals surface area contributed by atoms with Crippen LogP contribution < -0.4 is 9.64 Å². The number of nitro benzene ring substituents is 1. The Morgan fingerprint density at radius 2 is 2.00 bits per heavy atom. The molecule has 0 aromatic heterocycles. The number of non-ortho nitro benzene ring substituents is 1. The van der Waals surface area contributed by atoms with Crippen LogP contribution in [0.3, 0.4) is 0 Å². The molecule has 0 aliphatic heterocycles. The molecule has 0 N–H and O–H groups in total. The van der Waals surface area contributed by atoms with Crippen LogP contribution in [0.2, 0.25) is 5.02 Å². The Labute approximate surface area is 142 Å². The first kappa shape index (κ1) is 17.2. The van der Waals surface area contributed by atoms with Crippen molar-refractivity contribution in [3.05, 3.63) is 63.7 Å². The van der Waals surface area contributed by atoms with Gasteiger partial charge in [0.25, 0.3) is 11.6 Å². The maximum absolute atomic E-state index is 12.3. The third kappa shape index (κ3) is 4.21. The van der Waals surface area contributed by atoms with Gasteiger partial charge in [-0.3, -0.25) is 19.8 Å². The van der Waals surface area contributed by atoms with Crippen LogP contribution in [0.5, 0.6) is 5.75 Å². The van der Waals surface area contributed by atoms with E-state index < -0.39 is 10.8 Å². The van der Waals surface area contributed by atoms with E-state index in [4.69, 9.17) is 21.6 Å². The highest BCUT2D eigenvalue weighted by molar-refractivity contribution is 6.32. The molecule has 0 spiro atoms. The van der Waals surface area contributed by atoms with Crippen molar-refractivity contribution in [2.24, 2.45) is 0 Å². The van der Waals surface area contributed by atoms with Crippen LogP contribution in [0.1, 0.15) is 0 Å². The highest BCUT2D eigenvalue weighted by Gasteiger charge is 2.17. The fourth-order valence-electron chi connectivity index (χ4n) is 1.94. The van der Waals surface area contributed by atoms with Crippen molar-refractivity contribution in [2.75, 3.05) is 18.1 Å². The minimum Gasteiger partial charge on any atom is -0.482 e. The van der Waals surface area contributed by atoms with Crippen LogP contribution in [0.25, 0.3) is 0 Å². The molecule has 0 bridgehead atoms. The molecule has 2 rings (SSSR count). The molecule has 24 heavy (non-hydrogen) atoms. The van der Waals surface area contributed by atoms with Crippen molar-refractivity contribution in [1.29, 1.82) is 5.26 Å². The van der Waals surface area contributed by atoms with Gasteiger partial charge in [-0.1, -0.05) is 29.8 Å². The van der Waals surface area contributed by atoms with Crippen LogP contribution in [0.15, 0.2) is 48.5 Å². The van der Waals surface area contributed by atoms with E-state index in [0.717, 1.165) is 6.07 Å². The first-order valence-corrected chi connectivity index (χ1v) is 7.20. The molecule has 0 aliphatic carbocycles. The lowest BCUT2D eigenvalue weighted by atomic mass is 10.3. The Morgan fingerprint density at radius 1 is 1.29 bits per heavy atom. The molecule has 2 aromatic carbocycles. The monoisotopic (exact) mass is 345 g/mol. The van der Waals surface area contributed by atoms with Gasteiger partial charge in [-0.2, -0.15) is 5.26 Å². The zero-order chi connectivity index (χ0) is 17.5. The number of carbonyl (C=O) groups is 1. The number of nitrogens with zero attached hydrogens (tertiary/aromatic N) is 3. The number of para-hydroxylation sites is 1. The summed E-state index contributed by atoms with van der Waals surface area (Å²) in [4.78, 5) is 23.7. The average Bonchev–Trinajstić information content (AvgIpc) is 2.59. The van der Waals surface area contributed by atoms with Gasteiger partial charge in [0, 0.05) is 17.8 Å².